The molecule has 0 heterocycles. The standard InChI is InChI=1S/C16H25NO2/c1-12(16(2,3)4)10-15(19)17-14(11-18)13-8-6-5-7-9-13/h5-9,12,14,18H,10-11H2,1-4H3,(H,17,19). The van der Waals surface area contributed by atoms with Crippen molar-refractivity contribution in [2.75, 3.05) is 6.61 Å². The van der Waals surface area contributed by atoms with Gasteiger partial charge in [-0.3, -0.25) is 4.79 Å². The third kappa shape index (κ3) is 5.03. The van der Waals surface area contributed by atoms with E-state index in [1.165, 1.54) is 0 Å². The zero-order chi connectivity index (χ0) is 14.5. The molecule has 0 fully saturated rings. The van der Waals surface area contributed by atoms with Crippen molar-refractivity contribution < 1.29 is 9.90 Å². The normalized spacial score (nSPS) is 14.8. The Morgan fingerprint density at radius 1 is 1.26 bits per heavy atom. The number of carbonyl (C=O) groups excluding carboxylic acids is 1. The highest BCUT2D eigenvalue weighted by molar-refractivity contribution is 5.76. The lowest BCUT2D eigenvalue weighted by molar-refractivity contribution is -0.123. The van der Waals surface area contributed by atoms with Gasteiger partial charge in [-0.15, -0.1) is 0 Å². The maximum absolute atomic E-state index is 12.0. The highest BCUT2D eigenvalue weighted by atomic mass is 16.3. The molecule has 2 unspecified atom stereocenters. The third-order valence-electron chi connectivity index (χ3n) is 3.69. The number of hydrogen-bond donors (Lipinski definition) is 2. The van der Waals surface area contributed by atoms with E-state index < -0.39 is 0 Å². The molecular weight excluding hydrogens is 238 g/mol. The highest BCUT2D eigenvalue weighted by Crippen LogP contribution is 2.28. The predicted molar refractivity (Wildman–Crippen MR) is 77.6 cm³/mol. The smallest absolute Gasteiger partial charge is 0.220 e. The monoisotopic (exact) mass is 263 g/mol. The fourth-order valence-electron chi connectivity index (χ4n) is 1.76. The van der Waals surface area contributed by atoms with Crippen LogP contribution in [0.4, 0.5) is 0 Å². The van der Waals surface area contributed by atoms with Gasteiger partial charge in [0.15, 0.2) is 0 Å². The van der Waals surface area contributed by atoms with Gasteiger partial charge in [0.05, 0.1) is 12.6 Å². The summed E-state index contributed by atoms with van der Waals surface area (Å²) in [5.41, 5.74) is 1.04. The van der Waals surface area contributed by atoms with E-state index in [-0.39, 0.29) is 24.0 Å². The van der Waals surface area contributed by atoms with Crippen LogP contribution >= 0.6 is 0 Å². The van der Waals surface area contributed by atoms with E-state index in [1.54, 1.807) is 0 Å². The van der Waals surface area contributed by atoms with Crippen molar-refractivity contribution in [2.45, 2.75) is 40.2 Å². The van der Waals surface area contributed by atoms with Gasteiger partial charge in [0.25, 0.3) is 0 Å². The molecule has 0 aliphatic heterocycles. The van der Waals surface area contributed by atoms with Crippen LogP contribution in [0.25, 0.3) is 0 Å². The average molecular weight is 263 g/mol. The summed E-state index contributed by atoms with van der Waals surface area (Å²) < 4.78 is 0. The van der Waals surface area contributed by atoms with Gasteiger partial charge in [-0.2, -0.15) is 0 Å². The molecular formula is C16H25NO2. The van der Waals surface area contributed by atoms with Crippen LogP contribution in [-0.2, 0) is 4.79 Å². The Balaban J connectivity index is 2.60. The van der Waals surface area contributed by atoms with Gasteiger partial charge in [0.2, 0.25) is 5.91 Å². The van der Waals surface area contributed by atoms with Crippen LogP contribution < -0.4 is 5.32 Å². The summed E-state index contributed by atoms with van der Waals surface area (Å²) in [5, 5.41) is 12.3. The zero-order valence-electron chi connectivity index (χ0n) is 12.3. The summed E-state index contributed by atoms with van der Waals surface area (Å²) in [6.45, 7) is 8.39. The summed E-state index contributed by atoms with van der Waals surface area (Å²) in [7, 11) is 0. The van der Waals surface area contributed by atoms with E-state index in [2.05, 4.69) is 33.0 Å². The quantitative estimate of drug-likeness (QED) is 0.858. The lowest BCUT2D eigenvalue weighted by Crippen LogP contribution is -2.33. The van der Waals surface area contributed by atoms with E-state index in [4.69, 9.17) is 0 Å². The van der Waals surface area contributed by atoms with E-state index in [1.807, 2.05) is 30.3 Å². The molecule has 3 nitrogen and oxygen atoms in total. The minimum absolute atomic E-state index is 0.00896. The summed E-state index contributed by atoms with van der Waals surface area (Å²) in [5.74, 6) is 0.285. The molecule has 0 radical (unpaired) electrons. The van der Waals surface area contributed by atoms with Crippen molar-refractivity contribution >= 4 is 5.91 Å². The number of benzene rings is 1. The zero-order valence-corrected chi connectivity index (χ0v) is 12.3. The summed E-state index contributed by atoms with van der Waals surface area (Å²) >= 11 is 0. The number of hydrogen-bond acceptors (Lipinski definition) is 2. The maximum Gasteiger partial charge on any atom is 0.220 e. The van der Waals surface area contributed by atoms with Crippen LogP contribution in [0, 0.1) is 11.3 Å². The molecule has 2 atom stereocenters. The van der Waals surface area contributed by atoms with Crippen LogP contribution in [-0.4, -0.2) is 17.6 Å². The Morgan fingerprint density at radius 2 is 1.84 bits per heavy atom. The molecule has 0 saturated heterocycles. The fraction of sp³-hybridized carbons (Fsp3) is 0.562. The third-order valence-corrected chi connectivity index (χ3v) is 3.69. The second kappa shape index (κ2) is 6.71. The first-order valence-corrected chi connectivity index (χ1v) is 6.79. The van der Waals surface area contributed by atoms with Crippen molar-refractivity contribution in [3.05, 3.63) is 35.9 Å². The predicted octanol–water partition coefficient (Wildman–Crippen LogP) is 2.91. The molecule has 2 N–H and O–H groups in total. The van der Waals surface area contributed by atoms with E-state index in [0.29, 0.717) is 12.3 Å². The molecule has 1 aromatic carbocycles. The Morgan fingerprint density at radius 3 is 2.32 bits per heavy atom. The molecule has 1 amide bonds. The molecule has 0 aliphatic rings. The highest BCUT2D eigenvalue weighted by Gasteiger charge is 2.23. The SMILES string of the molecule is CC(CC(=O)NC(CO)c1ccccc1)C(C)(C)C. The van der Waals surface area contributed by atoms with Gasteiger partial charge in [0.1, 0.15) is 0 Å². The molecule has 1 aromatic rings. The van der Waals surface area contributed by atoms with Crippen molar-refractivity contribution in [1.29, 1.82) is 0 Å². The number of carbonyl (C=O) groups is 1. The number of rotatable bonds is 5. The largest absolute Gasteiger partial charge is 0.394 e. The molecule has 19 heavy (non-hydrogen) atoms. The van der Waals surface area contributed by atoms with Crippen molar-refractivity contribution in [3.8, 4) is 0 Å². The first-order valence-electron chi connectivity index (χ1n) is 6.79. The van der Waals surface area contributed by atoms with Gasteiger partial charge >= 0.3 is 0 Å². The number of amides is 1. The molecule has 0 aromatic heterocycles. The van der Waals surface area contributed by atoms with Crippen LogP contribution in [0.2, 0.25) is 0 Å². The molecule has 106 valence electrons. The molecule has 0 saturated carbocycles. The summed E-state index contributed by atoms with van der Waals surface area (Å²) in [6, 6.07) is 9.23. The Bertz CT molecular complexity index is 395. The number of nitrogens with one attached hydrogen (secondary N) is 1. The molecule has 0 spiro atoms. The molecule has 1 rings (SSSR count). The van der Waals surface area contributed by atoms with Crippen molar-refractivity contribution in [3.63, 3.8) is 0 Å². The maximum atomic E-state index is 12.0. The lowest BCUT2D eigenvalue weighted by atomic mass is 9.80. The van der Waals surface area contributed by atoms with Gasteiger partial charge in [-0.1, -0.05) is 58.0 Å². The Hall–Kier alpha value is -1.35. The lowest BCUT2D eigenvalue weighted by Gasteiger charge is -2.27. The van der Waals surface area contributed by atoms with Gasteiger partial charge in [0, 0.05) is 6.42 Å². The summed E-state index contributed by atoms with van der Waals surface area (Å²) in [6.07, 6.45) is 0.479. The van der Waals surface area contributed by atoms with Crippen LogP contribution in [0.3, 0.4) is 0 Å². The van der Waals surface area contributed by atoms with E-state index in [9.17, 15) is 9.90 Å². The topological polar surface area (TPSA) is 49.3 Å². The van der Waals surface area contributed by atoms with Gasteiger partial charge < -0.3 is 10.4 Å². The van der Waals surface area contributed by atoms with Gasteiger partial charge in [-0.05, 0) is 16.9 Å². The fourth-order valence-corrected chi connectivity index (χ4v) is 1.76. The van der Waals surface area contributed by atoms with E-state index in [0.717, 1.165) is 5.56 Å². The Kier molecular flexibility index (Phi) is 5.55. The van der Waals surface area contributed by atoms with Crippen LogP contribution in [0.1, 0.15) is 45.7 Å². The number of aliphatic hydroxyl groups excluding tert-OH is 1. The second-order valence-electron chi connectivity index (χ2n) is 6.18. The molecule has 3 heteroatoms. The minimum Gasteiger partial charge on any atom is -0.394 e. The first kappa shape index (κ1) is 15.7. The molecule has 0 bridgehead atoms. The van der Waals surface area contributed by atoms with Gasteiger partial charge in [-0.25, -0.2) is 0 Å². The average Bonchev–Trinajstić information content (AvgIpc) is 2.35. The minimum atomic E-state index is -0.319. The van der Waals surface area contributed by atoms with Crippen LogP contribution in [0.15, 0.2) is 30.3 Å². The summed E-state index contributed by atoms with van der Waals surface area (Å²) in [4.78, 5) is 12.0. The number of aliphatic hydroxyl groups is 1. The van der Waals surface area contributed by atoms with Crippen molar-refractivity contribution in [2.24, 2.45) is 11.3 Å². The second-order valence-corrected chi connectivity index (χ2v) is 6.18. The molecule has 0 aliphatic carbocycles. The van der Waals surface area contributed by atoms with Crippen LogP contribution in [0.5, 0.6) is 0 Å². The van der Waals surface area contributed by atoms with E-state index >= 15 is 0 Å². The first-order chi connectivity index (χ1) is 8.84. The van der Waals surface area contributed by atoms with Crippen molar-refractivity contribution in [1.82, 2.24) is 5.32 Å². The Labute approximate surface area is 116 Å².